The second-order valence-electron chi connectivity index (χ2n) is 7.23. The van der Waals surface area contributed by atoms with E-state index in [9.17, 15) is 4.79 Å². The van der Waals surface area contributed by atoms with Gasteiger partial charge in [0, 0.05) is 11.8 Å². The summed E-state index contributed by atoms with van der Waals surface area (Å²) in [5.41, 5.74) is 3.87. The van der Waals surface area contributed by atoms with Crippen LogP contribution in [0.2, 0.25) is 0 Å². The molecule has 0 saturated heterocycles. The average molecular weight is 433 g/mol. The molecule has 0 aliphatic carbocycles. The van der Waals surface area contributed by atoms with Gasteiger partial charge in [0.05, 0.1) is 11.4 Å². The zero-order valence-electron chi connectivity index (χ0n) is 17.0. The van der Waals surface area contributed by atoms with Gasteiger partial charge in [-0.3, -0.25) is 9.69 Å². The van der Waals surface area contributed by atoms with Crippen LogP contribution in [0.3, 0.4) is 0 Å². The number of amides is 1. The summed E-state index contributed by atoms with van der Waals surface area (Å²) in [5, 5.41) is 4.63. The van der Waals surface area contributed by atoms with Crippen LogP contribution in [-0.4, -0.2) is 23.0 Å². The molecule has 3 heterocycles. The van der Waals surface area contributed by atoms with Gasteiger partial charge in [-0.15, -0.1) is 0 Å². The molecule has 3 aromatic rings. The Morgan fingerprint density at radius 3 is 2.65 bits per heavy atom. The third kappa shape index (κ3) is 3.94. The molecule has 0 radical (unpaired) electrons. The Kier molecular flexibility index (Phi) is 4.99. The van der Waals surface area contributed by atoms with E-state index < -0.39 is 0 Å². The van der Waals surface area contributed by atoms with Crippen LogP contribution < -0.4 is 14.4 Å². The molecule has 7 nitrogen and oxygen atoms in total. The van der Waals surface area contributed by atoms with Gasteiger partial charge in [0.2, 0.25) is 6.79 Å². The summed E-state index contributed by atoms with van der Waals surface area (Å²) in [6, 6.07) is 15.2. The summed E-state index contributed by atoms with van der Waals surface area (Å²) in [6.07, 6.45) is 1.76. The minimum absolute atomic E-state index is 0.180. The zero-order valence-corrected chi connectivity index (χ0v) is 17.8. The predicted molar refractivity (Wildman–Crippen MR) is 119 cm³/mol. The highest BCUT2D eigenvalue weighted by Crippen LogP contribution is 2.35. The molecule has 8 heteroatoms. The fourth-order valence-corrected chi connectivity index (χ4v) is 4.19. The molecule has 5 rings (SSSR count). The van der Waals surface area contributed by atoms with E-state index in [1.807, 2.05) is 62.4 Å². The molecule has 0 N–H and O–H groups in total. The van der Waals surface area contributed by atoms with E-state index in [4.69, 9.17) is 14.0 Å². The van der Waals surface area contributed by atoms with E-state index in [1.54, 1.807) is 11.0 Å². The summed E-state index contributed by atoms with van der Waals surface area (Å²) in [6.45, 7) is 4.07. The molecular weight excluding hydrogens is 414 g/mol. The minimum Gasteiger partial charge on any atom is -0.454 e. The number of rotatable bonds is 4. The van der Waals surface area contributed by atoms with Gasteiger partial charge in [0.15, 0.2) is 16.7 Å². The lowest BCUT2D eigenvalue weighted by molar-refractivity contribution is -0.113. The van der Waals surface area contributed by atoms with Gasteiger partial charge < -0.3 is 14.0 Å². The largest absolute Gasteiger partial charge is 0.454 e. The number of anilines is 1. The normalized spacial score (nSPS) is 16.3. The molecule has 2 aliphatic rings. The number of hydrogen-bond donors (Lipinski definition) is 0. The van der Waals surface area contributed by atoms with Gasteiger partial charge in [-0.25, -0.2) is 4.99 Å². The molecule has 0 bridgehead atoms. The van der Waals surface area contributed by atoms with Crippen molar-refractivity contribution in [1.82, 2.24) is 5.16 Å². The standard InChI is InChI=1S/C23H19N3O4S/c1-14-3-6-18(7-4-14)26-22(27)19(10-16-5-8-20-21(11-16)29-13-28-20)24-23(26)31-12-17-9-15(2)30-25-17/h3-11H,12-13H2,1-2H3/b19-10-. The highest BCUT2D eigenvalue weighted by atomic mass is 32.2. The number of aliphatic imine (C=N–C) groups is 1. The van der Waals surface area contributed by atoms with Crippen molar-refractivity contribution in [2.24, 2.45) is 4.99 Å². The number of hydrogen-bond acceptors (Lipinski definition) is 7. The van der Waals surface area contributed by atoms with E-state index in [2.05, 4.69) is 10.1 Å². The third-order valence-corrected chi connectivity index (χ3v) is 5.82. The molecule has 0 fully saturated rings. The van der Waals surface area contributed by atoms with Crippen molar-refractivity contribution in [3.05, 3.63) is 76.8 Å². The molecule has 0 unspecified atom stereocenters. The maximum absolute atomic E-state index is 13.3. The van der Waals surface area contributed by atoms with Crippen LogP contribution >= 0.6 is 11.8 Å². The van der Waals surface area contributed by atoms with Gasteiger partial charge in [-0.2, -0.15) is 0 Å². The summed E-state index contributed by atoms with van der Waals surface area (Å²) in [5.74, 6) is 2.47. The van der Waals surface area contributed by atoms with Crippen LogP contribution in [0.5, 0.6) is 11.5 Å². The minimum atomic E-state index is -0.180. The second-order valence-corrected chi connectivity index (χ2v) is 8.17. The summed E-state index contributed by atoms with van der Waals surface area (Å²) < 4.78 is 15.9. The third-order valence-electron chi connectivity index (χ3n) is 4.85. The molecule has 0 atom stereocenters. The lowest BCUT2D eigenvalue weighted by Crippen LogP contribution is -2.30. The second kappa shape index (κ2) is 7.96. The Morgan fingerprint density at radius 1 is 1.06 bits per heavy atom. The Labute approximate surface area is 183 Å². The van der Waals surface area contributed by atoms with Crippen LogP contribution in [0, 0.1) is 13.8 Å². The Hall–Kier alpha value is -3.52. The Morgan fingerprint density at radius 2 is 1.87 bits per heavy atom. The molecule has 1 aromatic heterocycles. The number of aromatic nitrogens is 1. The number of fused-ring (bicyclic) bond motifs is 1. The number of carbonyl (C=O) groups excluding carboxylic acids is 1. The summed E-state index contributed by atoms with van der Waals surface area (Å²) in [4.78, 5) is 19.6. The van der Waals surface area contributed by atoms with Crippen molar-refractivity contribution in [3.63, 3.8) is 0 Å². The van der Waals surface area contributed by atoms with Crippen LogP contribution in [0.25, 0.3) is 6.08 Å². The van der Waals surface area contributed by atoms with Gasteiger partial charge in [0.1, 0.15) is 11.5 Å². The van der Waals surface area contributed by atoms with E-state index >= 15 is 0 Å². The molecule has 2 aliphatic heterocycles. The van der Waals surface area contributed by atoms with Crippen molar-refractivity contribution >= 4 is 34.6 Å². The summed E-state index contributed by atoms with van der Waals surface area (Å²) in [7, 11) is 0. The number of ether oxygens (including phenoxy) is 2. The van der Waals surface area contributed by atoms with Crippen LogP contribution in [-0.2, 0) is 10.5 Å². The fourth-order valence-electron chi connectivity index (χ4n) is 3.30. The van der Waals surface area contributed by atoms with Crippen LogP contribution in [0.4, 0.5) is 5.69 Å². The van der Waals surface area contributed by atoms with Crippen molar-refractivity contribution in [2.45, 2.75) is 19.6 Å². The van der Waals surface area contributed by atoms with Gasteiger partial charge in [-0.1, -0.05) is 40.7 Å². The first-order chi connectivity index (χ1) is 15.1. The van der Waals surface area contributed by atoms with Gasteiger partial charge >= 0.3 is 0 Å². The quantitative estimate of drug-likeness (QED) is 0.555. The number of amidine groups is 1. The first-order valence-corrected chi connectivity index (χ1v) is 10.7. The lowest BCUT2D eigenvalue weighted by atomic mass is 10.1. The van der Waals surface area contributed by atoms with E-state index in [1.165, 1.54) is 11.8 Å². The van der Waals surface area contributed by atoms with E-state index in [0.29, 0.717) is 28.1 Å². The number of nitrogens with zero attached hydrogens (tertiary/aromatic N) is 3. The fraction of sp³-hybridized carbons (Fsp3) is 0.174. The predicted octanol–water partition coefficient (Wildman–Crippen LogP) is 4.70. The van der Waals surface area contributed by atoms with Crippen molar-refractivity contribution in [3.8, 4) is 11.5 Å². The number of aryl methyl sites for hydroxylation is 2. The monoisotopic (exact) mass is 433 g/mol. The van der Waals surface area contributed by atoms with Crippen LogP contribution in [0.1, 0.15) is 22.6 Å². The smallest absolute Gasteiger partial charge is 0.283 e. The molecule has 156 valence electrons. The first-order valence-electron chi connectivity index (χ1n) is 9.73. The van der Waals surface area contributed by atoms with Crippen molar-refractivity contribution in [1.29, 1.82) is 0 Å². The lowest BCUT2D eigenvalue weighted by Gasteiger charge is -2.17. The molecule has 31 heavy (non-hydrogen) atoms. The van der Waals surface area contributed by atoms with E-state index in [0.717, 1.165) is 28.3 Å². The molecule has 0 saturated carbocycles. The molecule has 0 spiro atoms. The molecular formula is C23H19N3O4S. The Balaban J connectivity index is 1.47. The maximum Gasteiger partial charge on any atom is 0.283 e. The first kappa shape index (κ1) is 19.4. The van der Waals surface area contributed by atoms with Gasteiger partial charge in [-0.05, 0) is 49.8 Å². The maximum atomic E-state index is 13.3. The highest BCUT2D eigenvalue weighted by Gasteiger charge is 2.32. The molecule has 2 aromatic carbocycles. The van der Waals surface area contributed by atoms with E-state index in [-0.39, 0.29) is 12.7 Å². The highest BCUT2D eigenvalue weighted by molar-refractivity contribution is 8.13. The average Bonchev–Trinajstić information content (AvgIpc) is 3.47. The summed E-state index contributed by atoms with van der Waals surface area (Å²) >= 11 is 1.44. The van der Waals surface area contributed by atoms with Crippen LogP contribution in [0.15, 0.2) is 63.7 Å². The number of thioether (sulfide) groups is 1. The molecule has 1 amide bonds. The van der Waals surface area contributed by atoms with Gasteiger partial charge in [0.25, 0.3) is 5.91 Å². The topological polar surface area (TPSA) is 77.2 Å². The Bertz CT molecular complexity index is 1210. The SMILES string of the molecule is Cc1ccc(N2C(=O)/C(=C/c3ccc4c(c3)OCO4)N=C2SCc2cc(C)on2)cc1. The van der Waals surface area contributed by atoms with Crippen molar-refractivity contribution in [2.75, 3.05) is 11.7 Å². The zero-order chi connectivity index (χ0) is 21.4. The number of carbonyl (C=O) groups is 1. The van der Waals surface area contributed by atoms with Crippen molar-refractivity contribution < 1.29 is 18.8 Å². The number of benzene rings is 2.